The maximum absolute atomic E-state index is 12.0. The molecule has 0 aliphatic heterocycles. The van der Waals surface area contributed by atoms with E-state index < -0.39 is 10.0 Å². The molecule has 0 heterocycles. The molecule has 0 bridgehead atoms. The highest BCUT2D eigenvalue weighted by Crippen LogP contribution is 2.38. The summed E-state index contributed by atoms with van der Waals surface area (Å²) < 4.78 is 25.1. The summed E-state index contributed by atoms with van der Waals surface area (Å²) in [6, 6.07) is 6.33. The molecule has 0 spiro atoms. The molecule has 6 heteroatoms. The number of benzene rings is 1. The van der Waals surface area contributed by atoms with Crippen molar-refractivity contribution in [3.63, 3.8) is 0 Å². The number of hydrogen-bond acceptors (Lipinski definition) is 3. The van der Waals surface area contributed by atoms with Gasteiger partial charge in [0.05, 0.1) is 4.90 Å². The summed E-state index contributed by atoms with van der Waals surface area (Å²) in [5.74, 6) is 0.453. The van der Waals surface area contributed by atoms with Crippen molar-refractivity contribution >= 4 is 21.6 Å². The van der Waals surface area contributed by atoms with Crippen molar-refractivity contribution < 1.29 is 13.2 Å². The van der Waals surface area contributed by atoms with E-state index in [-0.39, 0.29) is 16.7 Å². The van der Waals surface area contributed by atoms with E-state index in [4.69, 9.17) is 0 Å². The van der Waals surface area contributed by atoms with Crippen LogP contribution in [0.1, 0.15) is 13.3 Å². The first kappa shape index (κ1) is 14.0. The number of nitrogens with zero attached hydrogens (tertiary/aromatic N) is 1. The van der Waals surface area contributed by atoms with E-state index >= 15 is 0 Å². The Balaban J connectivity index is 2.18. The van der Waals surface area contributed by atoms with Gasteiger partial charge in [0.15, 0.2) is 0 Å². The molecule has 1 saturated carbocycles. The Kier molecular flexibility index (Phi) is 3.64. The monoisotopic (exact) mass is 282 g/mol. The van der Waals surface area contributed by atoms with Crippen molar-refractivity contribution in [1.82, 2.24) is 4.31 Å². The fourth-order valence-electron chi connectivity index (χ4n) is 1.87. The Labute approximate surface area is 113 Å². The van der Waals surface area contributed by atoms with E-state index in [9.17, 15) is 13.2 Å². The molecule has 1 aliphatic rings. The molecule has 1 aromatic rings. The van der Waals surface area contributed by atoms with Crippen LogP contribution < -0.4 is 5.32 Å². The van der Waals surface area contributed by atoms with Gasteiger partial charge in [0.2, 0.25) is 15.9 Å². The van der Waals surface area contributed by atoms with Crippen molar-refractivity contribution in [2.45, 2.75) is 18.2 Å². The zero-order valence-electron chi connectivity index (χ0n) is 11.3. The highest BCUT2D eigenvalue weighted by atomic mass is 32.2. The average molecular weight is 282 g/mol. The summed E-state index contributed by atoms with van der Waals surface area (Å²) in [4.78, 5) is 12.0. The number of anilines is 1. The largest absolute Gasteiger partial charge is 0.326 e. The second-order valence-corrected chi connectivity index (χ2v) is 7.28. The molecule has 0 aromatic heterocycles. The number of rotatable bonds is 4. The number of nitrogens with one attached hydrogen (secondary N) is 1. The van der Waals surface area contributed by atoms with Crippen LogP contribution in [0.3, 0.4) is 0 Å². The van der Waals surface area contributed by atoms with Gasteiger partial charge < -0.3 is 5.32 Å². The van der Waals surface area contributed by atoms with Crippen LogP contribution in [-0.4, -0.2) is 32.7 Å². The number of carbonyl (C=O) groups is 1. The van der Waals surface area contributed by atoms with Crippen LogP contribution in [0, 0.1) is 11.8 Å². The fourth-order valence-corrected chi connectivity index (χ4v) is 2.82. The van der Waals surface area contributed by atoms with E-state index in [0.717, 1.165) is 10.7 Å². The summed E-state index contributed by atoms with van der Waals surface area (Å²) in [6.07, 6.45) is 0.904. The zero-order valence-corrected chi connectivity index (χ0v) is 12.1. The first-order valence-electron chi connectivity index (χ1n) is 6.16. The Morgan fingerprint density at radius 3 is 2.53 bits per heavy atom. The van der Waals surface area contributed by atoms with Crippen LogP contribution in [0.25, 0.3) is 0 Å². The molecule has 1 fully saturated rings. The minimum atomic E-state index is -3.47. The van der Waals surface area contributed by atoms with Crippen molar-refractivity contribution in [1.29, 1.82) is 0 Å². The quantitative estimate of drug-likeness (QED) is 0.910. The minimum Gasteiger partial charge on any atom is -0.326 e. The number of hydrogen-bond donors (Lipinski definition) is 1. The molecule has 104 valence electrons. The van der Waals surface area contributed by atoms with Crippen LogP contribution in [0.5, 0.6) is 0 Å². The van der Waals surface area contributed by atoms with Gasteiger partial charge in [0, 0.05) is 25.7 Å². The molecule has 2 unspecified atom stereocenters. The molecule has 1 aromatic carbocycles. The molecule has 1 aliphatic carbocycles. The molecular weight excluding hydrogens is 264 g/mol. The first-order valence-corrected chi connectivity index (χ1v) is 7.60. The van der Waals surface area contributed by atoms with Crippen molar-refractivity contribution in [3.8, 4) is 0 Å². The molecule has 2 rings (SSSR count). The fraction of sp³-hybridized carbons (Fsp3) is 0.462. The molecule has 0 radical (unpaired) electrons. The van der Waals surface area contributed by atoms with Crippen LogP contribution in [-0.2, 0) is 14.8 Å². The highest BCUT2D eigenvalue weighted by Gasteiger charge is 2.39. The SMILES string of the molecule is CC1CC1C(=O)Nc1cccc(S(=O)(=O)N(C)C)c1. The van der Waals surface area contributed by atoms with Crippen LogP contribution in [0.15, 0.2) is 29.2 Å². The number of amides is 1. The maximum Gasteiger partial charge on any atom is 0.242 e. The molecule has 5 nitrogen and oxygen atoms in total. The number of sulfonamides is 1. The van der Waals surface area contributed by atoms with Gasteiger partial charge in [-0.05, 0) is 30.5 Å². The van der Waals surface area contributed by atoms with Gasteiger partial charge >= 0.3 is 0 Å². The third kappa shape index (κ3) is 2.96. The van der Waals surface area contributed by atoms with E-state index in [1.165, 1.54) is 26.2 Å². The van der Waals surface area contributed by atoms with E-state index in [0.29, 0.717) is 11.6 Å². The first-order chi connectivity index (χ1) is 8.82. The van der Waals surface area contributed by atoms with Gasteiger partial charge in [0.25, 0.3) is 0 Å². The molecule has 19 heavy (non-hydrogen) atoms. The summed E-state index contributed by atoms with van der Waals surface area (Å²) in [6.45, 7) is 2.02. The lowest BCUT2D eigenvalue weighted by molar-refractivity contribution is -0.117. The predicted octanol–water partition coefficient (Wildman–Crippen LogP) is 1.53. The summed E-state index contributed by atoms with van der Waals surface area (Å²) in [7, 11) is -0.511. The predicted molar refractivity (Wildman–Crippen MR) is 73.2 cm³/mol. The van der Waals surface area contributed by atoms with Gasteiger partial charge in [0.1, 0.15) is 0 Å². The number of carbonyl (C=O) groups excluding carboxylic acids is 1. The summed E-state index contributed by atoms with van der Waals surface area (Å²) in [5.41, 5.74) is 0.520. The van der Waals surface area contributed by atoms with E-state index in [1.807, 2.05) is 6.92 Å². The van der Waals surface area contributed by atoms with Crippen molar-refractivity contribution in [2.24, 2.45) is 11.8 Å². The molecule has 2 atom stereocenters. The van der Waals surface area contributed by atoms with Gasteiger partial charge in [-0.25, -0.2) is 12.7 Å². The summed E-state index contributed by atoms with van der Waals surface area (Å²) in [5, 5.41) is 2.76. The highest BCUT2D eigenvalue weighted by molar-refractivity contribution is 7.89. The lowest BCUT2D eigenvalue weighted by Crippen LogP contribution is -2.22. The molecule has 1 amide bonds. The summed E-state index contributed by atoms with van der Waals surface area (Å²) >= 11 is 0. The average Bonchev–Trinajstić information content (AvgIpc) is 3.06. The Hall–Kier alpha value is -1.40. The molecule has 0 saturated heterocycles. The third-order valence-electron chi connectivity index (χ3n) is 3.33. The van der Waals surface area contributed by atoms with E-state index in [2.05, 4.69) is 5.32 Å². The van der Waals surface area contributed by atoms with Crippen LogP contribution in [0.2, 0.25) is 0 Å². The zero-order chi connectivity index (χ0) is 14.2. The van der Waals surface area contributed by atoms with Gasteiger partial charge in [-0.15, -0.1) is 0 Å². The maximum atomic E-state index is 12.0. The topological polar surface area (TPSA) is 66.5 Å². The van der Waals surface area contributed by atoms with E-state index in [1.54, 1.807) is 12.1 Å². The Morgan fingerprint density at radius 2 is 2.00 bits per heavy atom. The molecular formula is C13H18N2O3S. The Morgan fingerprint density at radius 1 is 1.37 bits per heavy atom. The standard InChI is InChI=1S/C13H18N2O3S/c1-9-7-12(9)13(16)14-10-5-4-6-11(8-10)19(17,18)15(2)3/h4-6,8-9,12H,7H2,1-3H3,(H,14,16). The third-order valence-corrected chi connectivity index (χ3v) is 5.14. The minimum absolute atomic E-state index is 0.0353. The second kappa shape index (κ2) is 4.94. The van der Waals surface area contributed by atoms with Crippen LogP contribution >= 0.6 is 0 Å². The molecule has 1 N–H and O–H groups in total. The van der Waals surface area contributed by atoms with Crippen molar-refractivity contribution in [3.05, 3.63) is 24.3 Å². The normalized spacial score (nSPS) is 22.3. The van der Waals surface area contributed by atoms with Crippen molar-refractivity contribution in [2.75, 3.05) is 19.4 Å². The smallest absolute Gasteiger partial charge is 0.242 e. The van der Waals surface area contributed by atoms with Gasteiger partial charge in [-0.2, -0.15) is 0 Å². The van der Waals surface area contributed by atoms with Gasteiger partial charge in [-0.3, -0.25) is 4.79 Å². The lowest BCUT2D eigenvalue weighted by Gasteiger charge is -2.12. The Bertz CT molecular complexity index is 596. The lowest BCUT2D eigenvalue weighted by atomic mass is 10.3. The van der Waals surface area contributed by atoms with Crippen LogP contribution in [0.4, 0.5) is 5.69 Å². The second-order valence-electron chi connectivity index (χ2n) is 5.12. The van der Waals surface area contributed by atoms with Gasteiger partial charge in [-0.1, -0.05) is 13.0 Å².